The lowest BCUT2D eigenvalue weighted by Gasteiger charge is -2.10. The van der Waals surface area contributed by atoms with E-state index in [1.54, 1.807) is 23.0 Å². The van der Waals surface area contributed by atoms with E-state index < -0.39 is 11.7 Å². The van der Waals surface area contributed by atoms with E-state index in [2.05, 4.69) is 26.5 Å². The quantitative estimate of drug-likeness (QED) is 0.349. The Morgan fingerprint density at radius 3 is 2.64 bits per heavy atom. The Labute approximate surface area is 166 Å². The summed E-state index contributed by atoms with van der Waals surface area (Å²) in [5.41, 5.74) is 6.72. The average molecular weight is 396 g/mol. The van der Waals surface area contributed by atoms with Crippen LogP contribution in [0.25, 0.3) is 6.08 Å². The summed E-state index contributed by atoms with van der Waals surface area (Å²) in [5, 5.41) is 10.7. The highest BCUT2D eigenvalue weighted by atomic mass is 32.1. The zero-order chi connectivity index (χ0) is 19.8. The molecule has 2 aromatic carbocycles. The summed E-state index contributed by atoms with van der Waals surface area (Å²) in [6.07, 6.45) is 4.54. The molecular weight excluding hydrogens is 379 g/mol. The number of aromatic nitrogens is 3. The van der Waals surface area contributed by atoms with E-state index >= 15 is 0 Å². The van der Waals surface area contributed by atoms with Gasteiger partial charge in [0.1, 0.15) is 11.5 Å². The number of para-hydroxylation sites is 1. The number of hydrogen-bond donors (Lipinski definition) is 3. The van der Waals surface area contributed by atoms with Crippen molar-refractivity contribution in [2.24, 2.45) is 0 Å². The summed E-state index contributed by atoms with van der Waals surface area (Å²) in [6, 6.07) is 15.9. The second-order valence-electron chi connectivity index (χ2n) is 5.71. The SMILES string of the molecule is O=C(/C=C/c1cn(Cc2ccccc2)nn1)NNC(=S)Nc1ccccc1F. The van der Waals surface area contributed by atoms with Crippen LogP contribution in [-0.4, -0.2) is 26.0 Å². The molecule has 0 saturated carbocycles. The van der Waals surface area contributed by atoms with Crippen LogP contribution in [0, 0.1) is 5.82 Å². The predicted molar refractivity (Wildman–Crippen MR) is 108 cm³/mol. The highest BCUT2D eigenvalue weighted by molar-refractivity contribution is 7.80. The number of thiocarbonyl (C=S) groups is 1. The molecule has 3 aromatic rings. The molecule has 0 spiro atoms. The van der Waals surface area contributed by atoms with Gasteiger partial charge in [-0.3, -0.25) is 15.6 Å². The number of nitrogens with one attached hydrogen (secondary N) is 3. The van der Waals surface area contributed by atoms with Crippen LogP contribution in [-0.2, 0) is 11.3 Å². The summed E-state index contributed by atoms with van der Waals surface area (Å²) in [5.74, 6) is -0.897. The van der Waals surface area contributed by atoms with Crippen molar-refractivity contribution in [1.29, 1.82) is 0 Å². The fraction of sp³-hybridized carbons (Fsp3) is 0.0526. The van der Waals surface area contributed by atoms with Crippen molar-refractivity contribution in [3.63, 3.8) is 0 Å². The van der Waals surface area contributed by atoms with Crippen LogP contribution >= 0.6 is 12.2 Å². The van der Waals surface area contributed by atoms with Crippen LogP contribution in [0.1, 0.15) is 11.3 Å². The van der Waals surface area contributed by atoms with Crippen LogP contribution in [0.3, 0.4) is 0 Å². The van der Waals surface area contributed by atoms with Gasteiger partial charge in [-0.2, -0.15) is 0 Å². The second kappa shape index (κ2) is 9.38. The Bertz CT molecular complexity index is 989. The monoisotopic (exact) mass is 396 g/mol. The van der Waals surface area contributed by atoms with Crippen LogP contribution in [0.15, 0.2) is 66.9 Å². The number of hydrazine groups is 1. The summed E-state index contributed by atoms with van der Waals surface area (Å²) in [7, 11) is 0. The van der Waals surface area contributed by atoms with E-state index in [0.29, 0.717) is 12.2 Å². The Hall–Kier alpha value is -3.59. The maximum Gasteiger partial charge on any atom is 0.262 e. The van der Waals surface area contributed by atoms with E-state index in [-0.39, 0.29) is 10.8 Å². The normalized spacial score (nSPS) is 10.6. The van der Waals surface area contributed by atoms with E-state index in [9.17, 15) is 9.18 Å². The summed E-state index contributed by atoms with van der Waals surface area (Å²) >= 11 is 5.00. The molecule has 0 radical (unpaired) electrons. The number of anilines is 1. The van der Waals surface area contributed by atoms with Crippen molar-refractivity contribution in [1.82, 2.24) is 25.8 Å². The number of amides is 1. The second-order valence-corrected chi connectivity index (χ2v) is 6.12. The minimum atomic E-state index is -0.449. The number of nitrogens with zero attached hydrogens (tertiary/aromatic N) is 3. The molecule has 9 heteroatoms. The van der Waals surface area contributed by atoms with Crippen LogP contribution in [0.2, 0.25) is 0 Å². The first-order valence-corrected chi connectivity index (χ1v) is 8.74. The molecule has 0 atom stereocenters. The molecule has 0 saturated heterocycles. The first-order valence-electron chi connectivity index (χ1n) is 8.34. The molecule has 0 fully saturated rings. The van der Waals surface area contributed by atoms with E-state index in [1.165, 1.54) is 24.3 Å². The molecule has 1 heterocycles. The Morgan fingerprint density at radius 2 is 1.86 bits per heavy atom. The van der Waals surface area contributed by atoms with Gasteiger partial charge >= 0.3 is 0 Å². The van der Waals surface area contributed by atoms with Crippen molar-refractivity contribution in [3.8, 4) is 0 Å². The van der Waals surface area contributed by atoms with Gasteiger partial charge in [0, 0.05) is 6.08 Å². The molecule has 142 valence electrons. The number of rotatable bonds is 5. The van der Waals surface area contributed by atoms with Crippen LogP contribution in [0.5, 0.6) is 0 Å². The summed E-state index contributed by atoms with van der Waals surface area (Å²) in [4.78, 5) is 11.9. The van der Waals surface area contributed by atoms with Gasteiger partial charge in [0.2, 0.25) is 0 Å². The zero-order valence-electron chi connectivity index (χ0n) is 14.7. The van der Waals surface area contributed by atoms with E-state index in [1.807, 2.05) is 30.3 Å². The van der Waals surface area contributed by atoms with E-state index in [0.717, 1.165) is 5.56 Å². The molecule has 28 heavy (non-hydrogen) atoms. The van der Waals surface area contributed by atoms with Crippen LogP contribution in [0.4, 0.5) is 10.1 Å². The standard InChI is InChI=1S/C19H17FN6OS/c20-16-8-4-5-9-17(16)21-19(28)24-23-18(27)11-10-15-13-26(25-22-15)12-14-6-2-1-3-7-14/h1-11,13H,12H2,(H,23,27)(H2,21,24,28)/b11-10+. The first kappa shape index (κ1) is 19.2. The number of carbonyl (C=O) groups excluding carboxylic acids is 1. The lowest BCUT2D eigenvalue weighted by atomic mass is 10.2. The average Bonchev–Trinajstić information content (AvgIpc) is 3.15. The van der Waals surface area contributed by atoms with Crippen LogP contribution < -0.4 is 16.2 Å². The molecule has 7 nitrogen and oxygen atoms in total. The topological polar surface area (TPSA) is 83.9 Å². The van der Waals surface area contributed by atoms with Crippen molar-refractivity contribution in [2.45, 2.75) is 6.54 Å². The number of benzene rings is 2. The Morgan fingerprint density at radius 1 is 1.11 bits per heavy atom. The molecule has 3 rings (SSSR count). The lowest BCUT2D eigenvalue weighted by molar-refractivity contribution is -0.116. The highest BCUT2D eigenvalue weighted by Crippen LogP contribution is 2.11. The molecule has 1 amide bonds. The molecule has 0 unspecified atom stereocenters. The third kappa shape index (κ3) is 5.71. The largest absolute Gasteiger partial charge is 0.329 e. The molecule has 0 aliphatic rings. The van der Waals surface area contributed by atoms with Gasteiger partial charge in [-0.05, 0) is 36.0 Å². The van der Waals surface area contributed by atoms with Gasteiger partial charge in [0.25, 0.3) is 5.91 Å². The summed E-state index contributed by atoms with van der Waals surface area (Å²) < 4.78 is 15.2. The maximum atomic E-state index is 13.5. The van der Waals surface area contributed by atoms with Crippen molar-refractivity contribution in [3.05, 3.63) is 83.9 Å². The Kier molecular flexibility index (Phi) is 6.42. The van der Waals surface area contributed by atoms with Gasteiger partial charge in [0.15, 0.2) is 5.11 Å². The van der Waals surface area contributed by atoms with Gasteiger partial charge in [0.05, 0.1) is 18.4 Å². The van der Waals surface area contributed by atoms with Gasteiger partial charge < -0.3 is 5.32 Å². The number of halogens is 1. The fourth-order valence-corrected chi connectivity index (χ4v) is 2.44. The number of carbonyl (C=O) groups is 1. The maximum absolute atomic E-state index is 13.5. The van der Waals surface area contributed by atoms with E-state index in [4.69, 9.17) is 12.2 Å². The molecule has 0 aliphatic heterocycles. The van der Waals surface area contributed by atoms with Gasteiger partial charge in [-0.1, -0.05) is 47.7 Å². The molecule has 0 aliphatic carbocycles. The first-order chi connectivity index (χ1) is 13.6. The van der Waals surface area contributed by atoms with Crippen molar-refractivity contribution < 1.29 is 9.18 Å². The van der Waals surface area contributed by atoms with Crippen molar-refractivity contribution in [2.75, 3.05) is 5.32 Å². The van der Waals surface area contributed by atoms with Crippen molar-refractivity contribution >= 4 is 35.0 Å². The number of hydrogen-bond acceptors (Lipinski definition) is 4. The predicted octanol–water partition coefficient (Wildman–Crippen LogP) is 2.50. The lowest BCUT2D eigenvalue weighted by Crippen LogP contribution is -2.43. The molecule has 0 bridgehead atoms. The Balaban J connectivity index is 1.46. The molecule has 1 aromatic heterocycles. The third-order valence-electron chi connectivity index (χ3n) is 3.57. The zero-order valence-corrected chi connectivity index (χ0v) is 15.5. The van der Waals surface area contributed by atoms with Gasteiger partial charge in [-0.15, -0.1) is 5.10 Å². The van der Waals surface area contributed by atoms with Gasteiger partial charge in [-0.25, -0.2) is 9.07 Å². The minimum Gasteiger partial charge on any atom is -0.329 e. The molecular formula is C19H17FN6OS. The third-order valence-corrected chi connectivity index (χ3v) is 3.77. The summed E-state index contributed by atoms with van der Waals surface area (Å²) in [6.45, 7) is 0.589. The minimum absolute atomic E-state index is 0.0562. The highest BCUT2D eigenvalue weighted by Gasteiger charge is 2.04. The molecule has 3 N–H and O–H groups in total. The fourth-order valence-electron chi connectivity index (χ4n) is 2.27. The smallest absolute Gasteiger partial charge is 0.262 e.